The Hall–Kier alpha value is -2.98. The minimum Gasteiger partial charge on any atom is -0.488 e. The van der Waals surface area contributed by atoms with Gasteiger partial charge in [-0.2, -0.15) is 0 Å². The summed E-state index contributed by atoms with van der Waals surface area (Å²) >= 11 is 1.70. The zero-order chi connectivity index (χ0) is 29.2. The highest BCUT2D eigenvalue weighted by Crippen LogP contribution is 2.44. The van der Waals surface area contributed by atoms with Crippen LogP contribution in [0.5, 0.6) is 5.75 Å². The third-order valence-corrected chi connectivity index (χ3v) is 10.1. The highest BCUT2D eigenvalue weighted by Gasteiger charge is 2.42. The largest absolute Gasteiger partial charge is 0.488 e. The normalized spacial score (nSPS) is 22.0. The molecule has 3 aliphatic rings. The molecule has 1 N–H and O–H groups in total. The van der Waals surface area contributed by atoms with Gasteiger partial charge in [0.1, 0.15) is 19.1 Å². The number of piperidine rings is 1. The monoisotopic (exact) mass is 591 g/mol. The number of anilines is 1. The van der Waals surface area contributed by atoms with Gasteiger partial charge in [-0.15, -0.1) is 11.3 Å². The average molecular weight is 592 g/mol. The van der Waals surface area contributed by atoms with Crippen molar-refractivity contribution in [2.24, 2.45) is 17.8 Å². The second-order valence-corrected chi connectivity index (χ2v) is 12.8. The van der Waals surface area contributed by atoms with E-state index in [1.54, 1.807) is 11.3 Å². The van der Waals surface area contributed by atoms with Crippen molar-refractivity contribution in [3.63, 3.8) is 0 Å². The van der Waals surface area contributed by atoms with Crippen molar-refractivity contribution in [1.82, 2.24) is 9.88 Å². The molecule has 1 saturated carbocycles. The molecular formula is C33H41N3O5S. The third-order valence-electron chi connectivity index (χ3n) is 9.22. The lowest BCUT2D eigenvalue weighted by atomic mass is 9.86. The molecule has 1 amide bonds. The van der Waals surface area contributed by atoms with Gasteiger partial charge in [0.05, 0.1) is 25.5 Å². The van der Waals surface area contributed by atoms with Crippen molar-refractivity contribution in [3.8, 4) is 17.0 Å². The number of morpholine rings is 1. The van der Waals surface area contributed by atoms with E-state index in [2.05, 4.69) is 43.2 Å². The number of aryl methyl sites for hydroxylation is 3. The fourth-order valence-electron chi connectivity index (χ4n) is 6.90. The van der Waals surface area contributed by atoms with Crippen LogP contribution in [0.4, 0.5) is 5.13 Å². The molecule has 2 saturated heterocycles. The van der Waals surface area contributed by atoms with Crippen LogP contribution in [0.3, 0.4) is 0 Å². The SMILES string of the molecule is Cc1ccc(OCc2c(C)cc(C(=O)N3CCOCC3)cc2C)c(-c2csc(N3CC4CCC(C3)C4COCO)n2)c1. The molecule has 3 heterocycles. The Labute approximate surface area is 252 Å². The molecule has 42 heavy (non-hydrogen) atoms. The molecule has 2 unspecified atom stereocenters. The van der Waals surface area contributed by atoms with E-state index in [4.69, 9.17) is 24.3 Å². The first-order valence-electron chi connectivity index (χ1n) is 15.0. The van der Waals surface area contributed by atoms with Crippen LogP contribution in [0.15, 0.2) is 35.7 Å². The fraction of sp³-hybridized carbons (Fsp3) is 0.515. The molecule has 8 nitrogen and oxygen atoms in total. The van der Waals surface area contributed by atoms with E-state index >= 15 is 0 Å². The summed E-state index contributed by atoms with van der Waals surface area (Å²) in [4.78, 5) is 22.5. The second-order valence-electron chi connectivity index (χ2n) is 12.0. The molecule has 3 fully saturated rings. The van der Waals surface area contributed by atoms with Gasteiger partial charge in [0, 0.05) is 42.7 Å². The van der Waals surface area contributed by atoms with Crippen molar-refractivity contribution < 1.29 is 24.1 Å². The Bertz CT molecular complexity index is 1380. The Morgan fingerprint density at radius 1 is 1.07 bits per heavy atom. The summed E-state index contributed by atoms with van der Waals surface area (Å²) in [5, 5.41) is 12.3. The summed E-state index contributed by atoms with van der Waals surface area (Å²) in [5.41, 5.74) is 7.03. The standard InChI is InChI=1S/C33H41N3O5S/c1-21-4-7-31(41-18-28-22(2)13-26(14-23(28)3)32(38)35-8-10-39-11-9-35)27(12-21)30-19-42-33(34-30)36-15-24-5-6-25(16-36)29(24)17-40-20-37/h4,7,12-14,19,24-25,29,37H,5-6,8-11,15-18,20H2,1-3H3. The van der Waals surface area contributed by atoms with Gasteiger partial charge in [-0.3, -0.25) is 4.79 Å². The fourth-order valence-corrected chi connectivity index (χ4v) is 7.74. The average Bonchev–Trinajstić information content (AvgIpc) is 3.57. The predicted molar refractivity (Wildman–Crippen MR) is 164 cm³/mol. The van der Waals surface area contributed by atoms with Crippen LogP contribution in [0, 0.1) is 38.5 Å². The maximum absolute atomic E-state index is 13.1. The lowest BCUT2D eigenvalue weighted by Gasteiger charge is -2.37. The van der Waals surface area contributed by atoms with Gasteiger partial charge >= 0.3 is 0 Å². The number of hydrogen-bond acceptors (Lipinski definition) is 8. The van der Waals surface area contributed by atoms with Crippen molar-refractivity contribution >= 4 is 22.4 Å². The van der Waals surface area contributed by atoms with E-state index in [9.17, 15) is 4.79 Å². The molecule has 2 bridgehead atoms. The van der Waals surface area contributed by atoms with Crippen LogP contribution in [-0.2, 0) is 16.1 Å². The zero-order valence-electron chi connectivity index (χ0n) is 24.8. The maximum Gasteiger partial charge on any atom is 0.254 e. The molecule has 2 aliphatic heterocycles. The number of ether oxygens (including phenoxy) is 3. The number of hydrogen-bond donors (Lipinski definition) is 1. The molecule has 1 aliphatic carbocycles. The van der Waals surface area contributed by atoms with Gasteiger partial charge < -0.3 is 29.1 Å². The summed E-state index contributed by atoms with van der Waals surface area (Å²) < 4.78 is 17.3. The summed E-state index contributed by atoms with van der Waals surface area (Å²) in [7, 11) is 0. The number of aromatic nitrogens is 1. The van der Waals surface area contributed by atoms with E-state index in [0.717, 1.165) is 63.0 Å². The second kappa shape index (κ2) is 12.7. The maximum atomic E-state index is 13.1. The van der Waals surface area contributed by atoms with Gasteiger partial charge in [-0.05, 0) is 92.3 Å². The molecular weight excluding hydrogens is 550 g/mol. The van der Waals surface area contributed by atoms with E-state index in [1.807, 2.05) is 23.1 Å². The number of aliphatic hydroxyl groups is 1. The Morgan fingerprint density at radius 2 is 1.79 bits per heavy atom. The number of carbonyl (C=O) groups excluding carboxylic acids is 1. The number of nitrogens with zero attached hydrogens (tertiary/aromatic N) is 3. The van der Waals surface area contributed by atoms with Crippen molar-refractivity contribution in [3.05, 3.63) is 63.5 Å². The Kier molecular flexibility index (Phi) is 8.81. The third kappa shape index (κ3) is 6.06. The molecule has 2 atom stereocenters. The minimum atomic E-state index is -0.199. The first-order chi connectivity index (χ1) is 20.4. The topological polar surface area (TPSA) is 84.4 Å². The van der Waals surface area contributed by atoms with Crippen LogP contribution >= 0.6 is 11.3 Å². The molecule has 3 aromatic rings. The first-order valence-corrected chi connectivity index (χ1v) is 15.9. The summed E-state index contributed by atoms with van der Waals surface area (Å²) in [6, 6.07) is 10.2. The van der Waals surface area contributed by atoms with Crippen LogP contribution in [0.2, 0.25) is 0 Å². The number of aliphatic hydroxyl groups excluding tert-OH is 1. The van der Waals surface area contributed by atoms with Gasteiger partial charge in [-0.1, -0.05) is 11.6 Å². The number of rotatable bonds is 9. The van der Waals surface area contributed by atoms with Gasteiger partial charge in [-0.25, -0.2) is 4.98 Å². The first kappa shape index (κ1) is 29.1. The predicted octanol–water partition coefficient (Wildman–Crippen LogP) is 5.22. The highest BCUT2D eigenvalue weighted by atomic mass is 32.1. The lowest BCUT2D eigenvalue weighted by Crippen LogP contribution is -2.43. The number of benzene rings is 2. The number of amides is 1. The molecule has 0 radical (unpaired) electrons. The van der Waals surface area contributed by atoms with Gasteiger partial charge in [0.25, 0.3) is 5.91 Å². The molecule has 6 rings (SSSR count). The van der Waals surface area contributed by atoms with Crippen LogP contribution < -0.4 is 9.64 Å². The van der Waals surface area contributed by atoms with E-state index in [1.165, 1.54) is 12.8 Å². The van der Waals surface area contributed by atoms with Gasteiger partial charge in [0.15, 0.2) is 5.13 Å². The number of carbonyl (C=O) groups is 1. The summed E-state index contributed by atoms with van der Waals surface area (Å²) in [6.45, 7) is 11.5. The Balaban J connectivity index is 1.16. The van der Waals surface area contributed by atoms with E-state index < -0.39 is 0 Å². The Morgan fingerprint density at radius 3 is 2.48 bits per heavy atom. The summed E-state index contributed by atoms with van der Waals surface area (Å²) in [6.07, 6.45) is 2.44. The zero-order valence-corrected chi connectivity index (χ0v) is 25.6. The van der Waals surface area contributed by atoms with Gasteiger partial charge in [0.2, 0.25) is 0 Å². The van der Waals surface area contributed by atoms with Crippen LogP contribution in [0.1, 0.15) is 45.5 Å². The minimum absolute atomic E-state index is 0.0628. The number of thiazole rings is 1. The molecule has 0 spiro atoms. The van der Waals surface area contributed by atoms with E-state index in [-0.39, 0.29) is 12.7 Å². The molecule has 1 aromatic heterocycles. The summed E-state index contributed by atoms with van der Waals surface area (Å²) in [5.74, 6) is 2.57. The van der Waals surface area contributed by atoms with Crippen LogP contribution in [-0.4, -0.2) is 73.7 Å². The van der Waals surface area contributed by atoms with Crippen molar-refractivity contribution in [1.29, 1.82) is 0 Å². The molecule has 224 valence electrons. The quantitative estimate of drug-likeness (QED) is 0.342. The van der Waals surface area contributed by atoms with Crippen molar-refractivity contribution in [2.45, 2.75) is 40.2 Å². The van der Waals surface area contributed by atoms with E-state index in [0.29, 0.717) is 57.3 Å². The lowest BCUT2D eigenvalue weighted by molar-refractivity contribution is -0.0315. The number of fused-ring (bicyclic) bond motifs is 2. The molecule has 9 heteroatoms. The molecule has 2 aromatic carbocycles. The smallest absolute Gasteiger partial charge is 0.254 e. The highest BCUT2D eigenvalue weighted by molar-refractivity contribution is 7.14. The van der Waals surface area contributed by atoms with Crippen molar-refractivity contribution in [2.75, 3.05) is 57.7 Å². The van der Waals surface area contributed by atoms with Crippen LogP contribution in [0.25, 0.3) is 11.3 Å².